The van der Waals surface area contributed by atoms with Gasteiger partial charge in [0, 0.05) is 18.2 Å². The van der Waals surface area contributed by atoms with Crippen molar-refractivity contribution in [3.05, 3.63) is 66.0 Å². The number of carbonyl (C=O) groups excluding carboxylic acids is 1. The third-order valence-electron chi connectivity index (χ3n) is 4.69. The van der Waals surface area contributed by atoms with E-state index < -0.39 is 6.10 Å². The molecule has 1 aliphatic heterocycles. The standard InChI is InChI=1S/C20H23FN2O2/c21-17-8-6-15(7-9-17)19(24)14-23-12-10-16(11-13-23)20(25)22-18-4-2-1-3-5-18/h1-9,16,19,24H,10-14H2,(H,22,25)/t19-/m0/s1. The molecule has 25 heavy (non-hydrogen) atoms. The Hall–Kier alpha value is -2.24. The van der Waals surface area contributed by atoms with Crippen LogP contribution in [0.25, 0.3) is 0 Å². The van der Waals surface area contributed by atoms with Crippen LogP contribution in [0.15, 0.2) is 54.6 Å². The molecular weight excluding hydrogens is 319 g/mol. The van der Waals surface area contributed by atoms with Gasteiger partial charge < -0.3 is 15.3 Å². The number of carbonyl (C=O) groups is 1. The molecule has 5 heteroatoms. The fourth-order valence-corrected chi connectivity index (χ4v) is 3.18. The van der Waals surface area contributed by atoms with E-state index in [2.05, 4.69) is 10.2 Å². The number of hydrogen-bond acceptors (Lipinski definition) is 3. The molecule has 0 saturated carbocycles. The summed E-state index contributed by atoms with van der Waals surface area (Å²) in [6.07, 6.45) is 0.902. The summed E-state index contributed by atoms with van der Waals surface area (Å²) in [6, 6.07) is 15.4. The highest BCUT2D eigenvalue weighted by Gasteiger charge is 2.26. The van der Waals surface area contributed by atoms with Crippen LogP contribution in [-0.2, 0) is 4.79 Å². The SMILES string of the molecule is O=C(Nc1ccccc1)C1CCN(C[C@H](O)c2ccc(F)cc2)CC1. The van der Waals surface area contributed by atoms with Gasteiger partial charge in [0.05, 0.1) is 6.10 Å². The number of nitrogens with one attached hydrogen (secondary N) is 1. The third-order valence-corrected chi connectivity index (χ3v) is 4.69. The molecule has 1 saturated heterocycles. The lowest BCUT2D eigenvalue weighted by Crippen LogP contribution is -2.40. The Labute approximate surface area is 147 Å². The Balaban J connectivity index is 1.46. The summed E-state index contributed by atoms with van der Waals surface area (Å²) in [6.45, 7) is 2.04. The fourth-order valence-electron chi connectivity index (χ4n) is 3.18. The van der Waals surface area contributed by atoms with Crippen molar-refractivity contribution >= 4 is 11.6 Å². The second-order valence-electron chi connectivity index (χ2n) is 6.50. The molecule has 3 rings (SSSR count). The zero-order valence-electron chi connectivity index (χ0n) is 14.1. The van der Waals surface area contributed by atoms with Crippen LogP contribution in [0.5, 0.6) is 0 Å². The van der Waals surface area contributed by atoms with Crippen molar-refractivity contribution in [2.75, 3.05) is 25.0 Å². The molecule has 2 N–H and O–H groups in total. The van der Waals surface area contributed by atoms with Gasteiger partial charge in [0.2, 0.25) is 5.91 Å². The van der Waals surface area contributed by atoms with E-state index in [0.29, 0.717) is 12.1 Å². The number of aliphatic hydroxyl groups excluding tert-OH is 1. The van der Waals surface area contributed by atoms with Gasteiger partial charge in [-0.2, -0.15) is 0 Å². The second-order valence-corrected chi connectivity index (χ2v) is 6.50. The van der Waals surface area contributed by atoms with Gasteiger partial charge in [-0.1, -0.05) is 30.3 Å². The highest BCUT2D eigenvalue weighted by molar-refractivity contribution is 5.92. The maximum atomic E-state index is 13.0. The van der Waals surface area contributed by atoms with Crippen molar-refractivity contribution in [2.45, 2.75) is 18.9 Å². The molecule has 2 aromatic carbocycles. The van der Waals surface area contributed by atoms with Gasteiger partial charge in [-0.3, -0.25) is 4.79 Å². The molecule has 2 aromatic rings. The zero-order chi connectivity index (χ0) is 17.6. The number of halogens is 1. The van der Waals surface area contributed by atoms with Gasteiger partial charge in [0.15, 0.2) is 0 Å². The maximum absolute atomic E-state index is 13.0. The minimum absolute atomic E-state index is 0.000537. The quantitative estimate of drug-likeness (QED) is 0.877. The monoisotopic (exact) mass is 342 g/mol. The number of piperidine rings is 1. The Morgan fingerprint density at radius 3 is 2.40 bits per heavy atom. The number of anilines is 1. The number of amides is 1. The summed E-state index contributed by atoms with van der Waals surface area (Å²) in [5, 5.41) is 13.2. The normalized spacial score (nSPS) is 17.2. The summed E-state index contributed by atoms with van der Waals surface area (Å²) < 4.78 is 13.0. The molecular formula is C20H23FN2O2. The minimum Gasteiger partial charge on any atom is -0.387 e. The number of benzene rings is 2. The number of hydrogen-bond donors (Lipinski definition) is 2. The predicted octanol–water partition coefficient (Wildman–Crippen LogP) is 3.21. The highest BCUT2D eigenvalue weighted by Crippen LogP contribution is 2.22. The van der Waals surface area contributed by atoms with Gasteiger partial charge in [0.1, 0.15) is 5.82 Å². The lowest BCUT2D eigenvalue weighted by molar-refractivity contribution is -0.121. The van der Waals surface area contributed by atoms with Crippen molar-refractivity contribution in [3.8, 4) is 0 Å². The largest absolute Gasteiger partial charge is 0.387 e. The number of para-hydroxylation sites is 1. The summed E-state index contributed by atoms with van der Waals surface area (Å²) in [7, 11) is 0. The first-order chi connectivity index (χ1) is 12.1. The van der Waals surface area contributed by atoms with Crippen molar-refractivity contribution in [1.29, 1.82) is 0 Å². The second kappa shape index (κ2) is 8.23. The topological polar surface area (TPSA) is 52.6 Å². The van der Waals surface area contributed by atoms with E-state index in [0.717, 1.165) is 31.6 Å². The maximum Gasteiger partial charge on any atom is 0.227 e. The summed E-state index contributed by atoms with van der Waals surface area (Å²) >= 11 is 0. The average molecular weight is 342 g/mol. The number of aliphatic hydroxyl groups is 1. The van der Waals surface area contributed by atoms with Gasteiger partial charge in [-0.15, -0.1) is 0 Å². The molecule has 1 atom stereocenters. The summed E-state index contributed by atoms with van der Waals surface area (Å²) in [5.41, 5.74) is 1.53. The molecule has 1 heterocycles. The van der Waals surface area contributed by atoms with Crippen LogP contribution in [0.4, 0.5) is 10.1 Å². The van der Waals surface area contributed by atoms with Crippen molar-refractivity contribution in [3.63, 3.8) is 0 Å². The van der Waals surface area contributed by atoms with Crippen LogP contribution in [0, 0.1) is 11.7 Å². The molecule has 0 bridgehead atoms. The van der Waals surface area contributed by atoms with Crippen molar-refractivity contribution < 1.29 is 14.3 Å². The van der Waals surface area contributed by atoms with Crippen molar-refractivity contribution in [2.24, 2.45) is 5.92 Å². The number of nitrogens with zero attached hydrogens (tertiary/aromatic N) is 1. The molecule has 4 nitrogen and oxygen atoms in total. The number of β-amino-alcohol motifs (C(OH)–C–C–N with tert-alkyl or cyclic N) is 1. The Bertz CT molecular complexity index is 683. The van der Waals surface area contributed by atoms with E-state index in [1.165, 1.54) is 12.1 Å². The first-order valence-corrected chi connectivity index (χ1v) is 8.63. The predicted molar refractivity (Wildman–Crippen MR) is 95.6 cm³/mol. The zero-order valence-corrected chi connectivity index (χ0v) is 14.1. The highest BCUT2D eigenvalue weighted by atomic mass is 19.1. The fraction of sp³-hybridized carbons (Fsp3) is 0.350. The van der Waals surface area contributed by atoms with Crippen LogP contribution in [0.3, 0.4) is 0 Å². The molecule has 0 aromatic heterocycles. The average Bonchev–Trinajstić information content (AvgIpc) is 2.63. The van der Waals surface area contributed by atoms with Gasteiger partial charge >= 0.3 is 0 Å². The molecule has 132 valence electrons. The molecule has 0 unspecified atom stereocenters. The summed E-state index contributed by atoms with van der Waals surface area (Å²) in [4.78, 5) is 14.5. The van der Waals surface area contributed by atoms with E-state index >= 15 is 0 Å². The first-order valence-electron chi connectivity index (χ1n) is 8.63. The van der Waals surface area contributed by atoms with Gasteiger partial charge in [-0.05, 0) is 55.8 Å². The summed E-state index contributed by atoms with van der Waals surface area (Å²) in [5.74, 6) is -0.245. The Morgan fingerprint density at radius 1 is 1.12 bits per heavy atom. The Kier molecular flexibility index (Phi) is 5.79. The molecule has 1 fully saturated rings. The van der Waals surface area contributed by atoms with Crippen LogP contribution in [-0.4, -0.2) is 35.5 Å². The van der Waals surface area contributed by atoms with Crippen LogP contribution < -0.4 is 5.32 Å². The minimum atomic E-state index is -0.643. The number of rotatable bonds is 5. The molecule has 0 spiro atoms. The van der Waals surface area contributed by atoms with Gasteiger partial charge in [0.25, 0.3) is 0 Å². The Morgan fingerprint density at radius 2 is 1.76 bits per heavy atom. The van der Waals surface area contributed by atoms with Crippen LogP contribution >= 0.6 is 0 Å². The number of likely N-dealkylation sites (tertiary alicyclic amines) is 1. The molecule has 0 radical (unpaired) electrons. The lowest BCUT2D eigenvalue weighted by Gasteiger charge is -2.32. The lowest BCUT2D eigenvalue weighted by atomic mass is 9.95. The van der Waals surface area contributed by atoms with E-state index in [1.807, 2.05) is 30.3 Å². The van der Waals surface area contributed by atoms with E-state index in [1.54, 1.807) is 12.1 Å². The van der Waals surface area contributed by atoms with Gasteiger partial charge in [-0.25, -0.2) is 4.39 Å². The molecule has 1 amide bonds. The molecule has 1 aliphatic rings. The van der Waals surface area contributed by atoms with E-state index in [9.17, 15) is 14.3 Å². The van der Waals surface area contributed by atoms with Crippen molar-refractivity contribution in [1.82, 2.24) is 4.90 Å². The van der Waals surface area contributed by atoms with E-state index in [-0.39, 0.29) is 17.6 Å². The molecule has 0 aliphatic carbocycles. The first kappa shape index (κ1) is 17.6. The smallest absolute Gasteiger partial charge is 0.227 e. The third kappa shape index (κ3) is 4.87. The van der Waals surface area contributed by atoms with Crippen LogP contribution in [0.1, 0.15) is 24.5 Å². The van der Waals surface area contributed by atoms with Crippen LogP contribution in [0.2, 0.25) is 0 Å². The van der Waals surface area contributed by atoms with E-state index in [4.69, 9.17) is 0 Å².